The maximum Gasteiger partial charge on any atom is 0.0950 e. The molecule has 0 radical (unpaired) electrons. The van der Waals surface area contributed by atoms with Crippen LogP contribution in [0, 0.1) is 5.92 Å². The van der Waals surface area contributed by atoms with E-state index in [4.69, 9.17) is 5.73 Å². The van der Waals surface area contributed by atoms with Crippen LogP contribution in [-0.4, -0.2) is 27.6 Å². The van der Waals surface area contributed by atoms with E-state index in [9.17, 15) is 0 Å². The molecule has 1 fully saturated rings. The maximum atomic E-state index is 5.97. The van der Waals surface area contributed by atoms with E-state index in [1.807, 2.05) is 24.3 Å². The molecule has 0 saturated heterocycles. The highest BCUT2D eigenvalue weighted by molar-refractivity contribution is 7.99. The molecule has 108 valence electrons. The molecule has 1 aromatic heterocycles. The lowest BCUT2D eigenvalue weighted by atomic mass is 9.90. The summed E-state index contributed by atoms with van der Waals surface area (Å²) in [6.45, 7) is 5.21. The largest absolute Gasteiger partial charge is 0.331 e. The summed E-state index contributed by atoms with van der Waals surface area (Å²) in [7, 11) is 0. The number of imidazole rings is 1. The molecule has 0 bridgehead atoms. The van der Waals surface area contributed by atoms with Gasteiger partial charge in [0.2, 0.25) is 0 Å². The minimum Gasteiger partial charge on any atom is -0.331 e. The van der Waals surface area contributed by atoms with Gasteiger partial charge in [-0.3, -0.25) is 0 Å². The first-order valence-electron chi connectivity index (χ1n) is 7.42. The van der Waals surface area contributed by atoms with E-state index in [0.717, 1.165) is 5.25 Å². The third-order valence-corrected chi connectivity index (χ3v) is 5.55. The van der Waals surface area contributed by atoms with Crippen molar-refractivity contribution < 1.29 is 0 Å². The lowest BCUT2D eigenvalue weighted by Crippen LogP contribution is -2.26. The molecule has 1 aliphatic carbocycles. The summed E-state index contributed by atoms with van der Waals surface area (Å²) in [4.78, 5) is 4.40. The van der Waals surface area contributed by atoms with Crippen LogP contribution in [0.25, 0.3) is 0 Å². The van der Waals surface area contributed by atoms with Gasteiger partial charge in [0.25, 0.3) is 0 Å². The molecule has 1 aliphatic rings. The van der Waals surface area contributed by atoms with Crippen molar-refractivity contribution in [3.63, 3.8) is 0 Å². The van der Waals surface area contributed by atoms with E-state index in [0.29, 0.717) is 24.4 Å². The fraction of sp³-hybridized carbons (Fsp3) is 0.800. The predicted molar refractivity (Wildman–Crippen MR) is 83.7 cm³/mol. The Labute approximate surface area is 121 Å². The SMILES string of the molecule is CSC1CCCC(n2cncc2C(CN)C(C)C)C1. The van der Waals surface area contributed by atoms with Crippen LogP contribution in [0.5, 0.6) is 0 Å². The van der Waals surface area contributed by atoms with Crippen molar-refractivity contribution in [3.05, 3.63) is 18.2 Å². The van der Waals surface area contributed by atoms with Crippen molar-refractivity contribution in [3.8, 4) is 0 Å². The molecule has 0 aliphatic heterocycles. The van der Waals surface area contributed by atoms with Gasteiger partial charge in [0.05, 0.1) is 6.33 Å². The Kier molecular flexibility index (Phi) is 5.34. The number of aromatic nitrogens is 2. The fourth-order valence-corrected chi connectivity index (χ4v) is 4.05. The summed E-state index contributed by atoms with van der Waals surface area (Å²) >= 11 is 2.01. The highest BCUT2D eigenvalue weighted by Crippen LogP contribution is 2.36. The van der Waals surface area contributed by atoms with Crippen LogP contribution in [0.3, 0.4) is 0 Å². The molecular weight excluding hydrogens is 254 g/mol. The van der Waals surface area contributed by atoms with E-state index in [-0.39, 0.29) is 0 Å². The number of hydrogen-bond donors (Lipinski definition) is 1. The van der Waals surface area contributed by atoms with Gasteiger partial charge in [-0.2, -0.15) is 11.8 Å². The van der Waals surface area contributed by atoms with Gasteiger partial charge in [0, 0.05) is 35.6 Å². The Bertz CT molecular complexity index is 388. The van der Waals surface area contributed by atoms with Crippen molar-refractivity contribution in [1.82, 2.24) is 9.55 Å². The molecule has 19 heavy (non-hydrogen) atoms. The summed E-state index contributed by atoms with van der Waals surface area (Å²) in [5.74, 6) is 0.998. The first-order valence-corrected chi connectivity index (χ1v) is 8.70. The van der Waals surface area contributed by atoms with Crippen molar-refractivity contribution >= 4 is 11.8 Å². The average Bonchev–Trinajstić information content (AvgIpc) is 2.88. The maximum absolute atomic E-state index is 5.97. The quantitative estimate of drug-likeness (QED) is 0.899. The third-order valence-electron chi connectivity index (χ3n) is 4.46. The molecule has 2 N–H and O–H groups in total. The smallest absolute Gasteiger partial charge is 0.0950 e. The molecule has 1 saturated carbocycles. The predicted octanol–water partition coefficient (Wildman–Crippen LogP) is 3.43. The Balaban J connectivity index is 2.18. The lowest BCUT2D eigenvalue weighted by molar-refractivity contribution is 0.341. The molecule has 3 nitrogen and oxygen atoms in total. The summed E-state index contributed by atoms with van der Waals surface area (Å²) in [6.07, 6.45) is 11.6. The van der Waals surface area contributed by atoms with Crippen LogP contribution in [-0.2, 0) is 0 Å². The van der Waals surface area contributed by atoms with Crippen molar-refractivity contribution in [2.75, 3.05) is 12.8 Å². The summed E-state index contributed by atoms with van der Waals surface area (Å²) in [5.41, 5.74) is 7.31. The first-order chi connectivity index (χ1) is 9.17. The van der Waals surface area contributed by atoms with Crippen molar-refractivity contribution in [2.24, 2.45) is 11.7 Å². The van der Waals surface area contributed by atoms with Gasteiger partial charge in [-0.15, -0.1) is 0 Å². The van der Waals surface area contributed by atoms with Crippen LogP contribution in [0.1, 0.15) is 57.2 Å². The summed E-state index contributed by atoms with van der Waals surface area (Å²) in [5, 5.41) is 0.810. The van der Waals surface area contributed by atoms with E-state index in [2.05, 4.69) is 29.7 Å². The number of rotatable bonds is 5. The molecule has 1 heterocycles. The first kappa shape index (κ1) is 14.9. The highest BCUT2D eigenvalue weighted by atomic mass is 32.2. The number of hydrogen-bond acceptors (Lipinski definition) is 3. The average molecular weight is 281 g/mol. The van der Waals surface area contributed by atoms with Crippen LogP contribution in [0.4, 0.5) is 0 Å². The molecule has 3 unspecified atom stereocenters. The van der Waals surface area contributed by atoms with Gasteiger partial charge in [-0.25, -0.2) is 4.98 Å². The zero-order chi connectivity index (χ0) is 13.8. The molecule has 4 heteroatoms. The zero-order valence-corrected chi connectivity index (χ0v) is 13.2. The molecule has 0 spiro atoms. The van der Waals surface area contributed by atoms with E-state index in [1.54, 1.807) is 0 Å². The highest BCUT2D eigenvalue weighted by Gasteiger charge is 2.26. The lowest BCUT2D eigenvalue weighted by Gasteiger charge is -2.32. The zero-order valence-electron chi connectivity index (χ0n) is 12.4. The molecule has 2 rings (SSSR count). The summed E-state index contributed by atoms with van der Waals surface area (Å²) in [6, 6.07) is 0.622. The second-order valence-electron chi connectivity index (χ2n) is 5.99. The Morgan fingerprint density at radius 2 is 2.26 bits per heavy atom. The molecule has 0 amide bonds. The van der Waals surface area contributed by atoms with Crippen molar-refractivity contribution in [2.45, 2.75) is 56.7 Å². The number of thioether (sulfide) groups is 1. The minimum atomic E-state index is 0.428. The molecular formula is C15H27N3S. The van der Waals surface area contributed by atoms with Gasteiger partial charge in [-0.1, -0.05) is 20.3 Å². The Hall–Kier alpha value is -0.480. The van der Waals surface area contributed by atoms with Gasteiger partial charge < -0.3 is 10.3 Å². The third kappa shape index (κ3) is 3.34. The van der Waals surface area contributed by atoms with E-state index >= 15 is 0 Å². The van der Waals surface area contributed by atoms with Gasteiger partial charge >= 0.3 is 0 Å². The molecule has 1 aromatic rings. The molecule has 3 atom stereocenters. The van der Waals surface area contributed by atoms with Gasteiger partial charge in [0.1, 0.15) is 0 Å². The Morgan fingerprint density at radius 1 is 1.47 bits per heavy atom. The number of nitrogens with zero attached hydrogens (tertiary/aromatic N) is 2. The van der Waals surface area contributed by atoms with Gasteiger partial charge in [-0.05, 0) is 31.4 Å². The standard InChI is InChI=1S/C15H27N3S/c1-11(2)14(8-16)15-9-17-10-18(15)12-5-4-6-13(7-12)19-3/h9-14H,4-8,16H2,1-3H3. The van der Waals surface area contributed by atoms with Gasteiger partial charge in [0.15, 0.2) is 0 Å². The monoisotopic (exact) mass is 281 g/mol. The van der Waals surface area contributed by atoms with E-state index in [1.165, 1.54) is 31.4 Å². The fourth-order valence-electron chi connectivity index (χ4n) is 3.23. The second-order valence-corrected chi connectivity index (χ2v) is 7.13. The van der Waals surface area contributed by atoms with E-state index < -0.39 is 0 Å². The number of nitrogens with two attached hydrogens (primary N) is 1. The van der Waals surface area contributed by atoms with Crippen LogP contribution >= 0.6 is 11.8 Å². The normalized spacial score (nSPS) is 25.7. The van der Waals surface area contributed by atoms with Crippen LogP contribution in [0.2, 0.25) is 0 Å². The van der Waals surface area contributed by atoms with Crippen LogP contribution in [0.15, 0.2) is 12.5 Å². The molecule has 0 aromatic carbocycles. The Morgan fingerprint density at radius 3 is 2.89 bits per heavy atom. The summed E-state index contributed by atoms with van der Waals surface area (Å²) < 4.78 is 2.42. The minimum absolute atomic E-state index is 0.428. The topological polar surface area (TPSA) is 43.8 Å². The van der Waals surface area contributed by atoms with Crippen molar-refractivity contribution in [1.29, 1.82) is 0 Å². The van der Waals surface area contributed by atoms with Crippen LogP contribution < -0.4 is 5.73 Å². The second kappa shape index (κ2) is 6.80.